The van der Waals surface area contributed by atoms with Crippen molar-refractivity contribution in [3.63, 3.8) is 0 Å². The Bertz CT molecular complexity index is 628. The van der Waals surface area contributed by atoms with Crippen molar-refractivity contribution in [2.24, 2.45) is 0 Å². The first-order chi connectivity index (χ1) is 9.95. The van der Waals surface area contributed by atoms with Crippen LogP contribution in [0.15, 0.2) is 40.9 Å². The molecule has 2 aromatic carbocycles. The zero-order chi connectivity index (χ0) is 15.4. The van der Waals surface area contributed by atoms with Gasteiger partial charge in [-0.2, -0.15) is 0 Å². The first-order valence-electron chi connectivity index (χ1n) is 6.92. The van der Waals surface area contributed by atoms with E-state index in [0.29, 0.717) is 0 Å². The van der Waals surface area contributed by atoms with E-state index >= 15 is 0 Å². The molecule has 0 aliphatic carbocycles. The molecule has 112 valence electrons. The molecule has 4 heteroatoms. The van der Waals surface area contributed by atoms with Gasteiger partial charge in [0.25, 0.3) is 0 Å². The number of aryl methyl sites for hydroxylation is 2. The van der Waals surface area contributed by atoms with E-state index in [1.807, 2.05) is 13.0 Å². The van der Waals surface area contributed by atoms with E-state index in [4.69, 9.17) is 0 Å². The molecule has 2 rings (SSSR count). The smallest absolute Gasteiger partial charge is 0.147 e. The lowest BCUT2D eigenvalue weighted by molar-refractivity contribution is 0.592. The molecule has 0 radical (unpaired) electrons. The first-order valence-corrected chi connectivity index (χ1v) is 7.71. The third-order valence-corrected chi connectivity index (χ3v) is 3.97. The van der Waals surface area contributed by atoms with Gasteiger partial charge >= 0.3 is 0 Å². The molecule has 1 nitrogen and oxygen atoms in total. The Morgan fingerprint density at radius 2 is 1.90 bits per heavy atom. The quantitative estimate of drug-likeness (QED) is 0.702. The maximum absolute atomic E-state index is 13.7. The van der Waals surface area contributed by atoms with Crippen molar-refractivity contribution in [2.75, 3.05) is 5.32 Å². The second-order valence-electron chi connectivity index (χ2n) is 5.32. The molecule has 0 fully saturated rings. The van der Waals surface area contributed by atoms with Crippen LogP contribution in [0.1, 0.15) is 24.5 Å². The zero-order valence-corrected chi connectivity index (χ0v) is 13.7. The molecule has 0 aliphatic heterocycles. The van der Waals surface area contributed by atoms with Crippen LogP contribution in [0.4, 0.5) is 14.5 Å². The Hall–Kier alpha value is -1.42. The highest BCUT2D eigenvalue weighted by molar-refractivity contribution is 9.10. The SMILES string of the molecule is Cc1cccc(CCC(C)Nc2cc(F)c(Br)cc2F)c1. The Kier molecular flexibility index (Phi) is 5.34. The lowest BCUT2D eigenvalue weighted by Crippen LogP contribution is -2.17. The number of nitrogens with one attached hydrogen (secondary N) is 1. The standard InChI is InChI=1S/C17H18BrF2N/c1-11-4-3-5-13(8-11)7-6-12(2)21-17-10-15(19)14(18)9-16(17)20/h3-5,8-10,12,21H,6-7H2,1-2H3. The van der Waals surface area contributed by atoms with Gasteiger partial charge in [0.15, 0.2) is 0 Å². The van der Waals surface area contributed by atoms with Crippen LogP contribution in [0, 0.1) is 18.6 Å². The summed E-state index contributed by atoms with van der Waals surface area (Å²) < 4.78 is 27.3. The van der Waals surface area contributed by atoms with Crippen molar-refractivity contribution < 1.29 is 8.78 Å². The van der Waals surface area contributed by atoms with E-state index in [2.05, 4.69) is 46.4 Å². The largest absolute Gasteiger partial charge is 0.380 e. The van der Waals surface area contributed by atoms with Crippen LogP contribution in [0.2, 0.25) is 0 Å². The summed E-state index contributed by atoms with van der Waals surface area (Å²) in [5, 5.41) is 3.03. The molecule has 0 saturated carbocycles. The zero-order valence-electron chi connectivity index (χ0n) is 12.1. The summed E-state index contributed by atoms with van der Waals surface area (Å²) in [4.78, 5) is 0. The summed E-state index contributed by atoms with van der Waals surface area (Å²) in [6.07, 6.45) is 1.75. The molecule has 0 aliphatic rings. The Morgan fingerprint density at radius 3 is 2.62 bits per heavy atom. The van der Waals surface area contributed by atoms with E-state index in [9.17, 15) is 8.78 Å². The number of halogens is 3. The van der Waals surface area contributed by atoms with Crippen LogP contribution >= 0.6 is 15.9 Å². The molecule has 2 aromatic rings. The first kappa shape index (κ1) is 16.0. The van der Waals surface area contributed by atoms with Gasteiger partial charge in [0.1, 0.15) is 11.6 Å². The Labute approximate surface area is 132 Å². The van der Waals surface area contributed by atoms with E-state index in [1.54, 1.807) is 0 Å². The van der Waals surface area contributed by atoms with Gasteiger partial charge in [-0.1, -0.05) is 29.8 Å². The van der Waals surface area contributed by atoms with Crippen LogP contribution in [0.25, 0.3) is 0 Å². The fourth-order valence-electron chi connectivity index (χ4n) is 2.22. The van der Waals surface area contributed by atoms with Gasteiger partial charge in [0.05, 0.1) is 10.2 Å². The topological polar surface area (TPSA) is 12.0 Å². The highest BCUT2D eigenvalue weighted by Crippen LogP contribution is 2.24. The predicted octanol–water partition coefficient (Wildman–Crippen LogP) is 5.47. The van der Waals surface area contributed by atoms with Gasteiger partial charge in [0.2, 0.25) is 0 Å². The van der Waals surface area contributed by atoms with Crippen molar-refractivity contribution >= 4 is 21.6 Å². The number of rotatable bonds is 5. The van der Waals surface area contributed by atoms with E-state index in [-0.39, 0.29) is 16.2 Å². The van der Waals surface area contributed by atoms with E-state index in [1.165, 1.54) is 17.2 Å². The van der Waals surface area contributed by atoms with Crippen LogP contribution < -0.4 is 5.32 Å². The second kappa shape index (κ2) is 7.03. The summed E-state index contributed by atoms with van der Waals surface area (Å²) >= 11 is 2.97. The van der Waals surface area contributed by atoms with Gasteiger partial charge in [0, 0.05) is 12.1 Å². The van der Waals surface area contributed by atoms with Crippen LogP contribution in [-0.2, 0) is 6.42 Å². The van der Waals surface area contributed by atoms with Crippen LogP contribution in [0.5, 0.6) is 0 Å². The number of anilines is 1. The molecule has 0 bridgehead atoms. The minimum absolute atomic E-state index is 0.0561. The summed E-state index contributed by atoms with van der Waals surface area (Å²) in [5.74, 6) is -0.921. The van der Waals surface area contributed by atoms with E-state index < -0.39 is 11.6 Å². The molecule has 1 unspecified atom stereocenters. The monoisotopic (exact) mass is 353 g/mol. The number of hydrogen-bond acceptors (Lipinski definition) is 1. The summed E-state index contributed by atoms with van der Waals surface area (Å²) in [7, 11) is 0. The van der Waals surface area contributed by atoms with E-state index in [0.717, 1.165) is 18.9 Å². The minimum atomic E-state index is -0.468. The highest BCUT2D eigenvalue weighted by atomic mass is 79.9. The number of benzene rings is 2. The third kappa shape index (κ3) is 4.53. The fraction of sp³-hybridized carbons (Fsp3) is 0.294. The number of hydrogen-bond donors (Lipinski definition) is 1. The van der Waals surface area contributed by atoms with Gasteiger partial charge in [-0.05, 0) is 54.2 Å². The minimum Gasteiger partial charge on any atom is -0.380 e. The van der Waals surface area contributed by atoms with Crippen molar-refractivity contribution in [2.45, 2.75) is 32.7 Å². The van der Waals surface area contributed by atoms with Gasteiger partial charge < -0.3 is 5.32 Å². The van der Waals surface area contributed by atoms with Crippen LogP contribution in [-0.4, -0.2) is 6.04 Å². The molecule has 1 N–H and O–H groups in total. The van der Waals surface area contributed by atoms with Gasteiger partial charge in [-0.25, -0.2) is 8.78 Å². The highest BCUT2D eigenvalue weighted by Gasteiger charge is 2.10. The second-order valence-corrected chi connectivity index (χ2v) is 6.17. The lowest BCUT2D eigenvalue weighted by atomic mass is 10.0. The third-order valence-electron chi connectivity index (χ3n) is 3.36. The molecule has 0 amide bonds. The summed E-state index contributed by atoms with van der Waals surface area (Å²) in [6, 6.07) is 10.7. The average molecular weight is 354 g/mol. The Balaban J connectivity index is 1.96. The molecule has 0 spiro atoms. The van der Waals surface area contributed by atoms with Crippen molar-refractivity contribution in [1.82, 2.24) is 0 Å². The molecule has 21 heavy (non-hydrogen) atoms. The summed E-state index contributed by atoms with van der Waals surface area (Å²) in [6.45, 7) is 4.03. The molecule has 0 saturated heterocycles. The maximum atomic E-state index is 13.7. The van der Waals surface area contributed by atoms with Crippen molar-refractivity contribution in [3.05, 3.63) is 63.6 Å². The Morgan fingerprint density at radius 1 is 1.14 bits per heavy atom. The normalized spacial score (nSPS) is 12.2. The molecule has 0 heterocycles. The fourth-order valence-corrected chi connectivity index (χ4v) is 2.54. The van der Waals surface area contributed by atoms with Crippen LogP contribution in [0.3, 0.4) is 0 Å². The molecule has 0 aromatic heterocycles. The molecular weight excluding hydrogens is 336 g/mol. The predicted molar refractivity (Wildman–Crippen MR) is 86.6 cm³/mol. The average Bonchev–Trinajstić information content (AvgIpc) is 2.43. The van der Waals surface area contributed by atoms with Gasteiger partial charge in [-0.15, -0.1) is 0 Å². The maximum Gasteiger partial charge on any atom is 0.147 e. The lowest BCUT2D eigenvalue weighted by Gasteiger charge is -2.16. The van der Waals surface area contributed by atoms with Crippen molar-refractivity contribution in [1.29, 1.82) is 0 Å². The summed E-state index contributed by atoms with van der Waals surface area (Å²) in [5.41, 5.74) is 2.69. The molecular formula is C17H18BrF2N. The van der Waals surface area contributed by atoms with Gasteiger partial charge in [-0.3, -0.25) is 0 Å². The molecule has 1 atom stereocenters. The van der Waals surface area contributed by atoms with Crippen molar-refractivity contribution in [3.8, 4) is 0 Å².